The standard InChI is InChI=1S/C22H14ClN3O5S/c1-12-10-25-16(5-6-18(27)13-3-7-19-20(9-13)31-11-30-19)21(24-22(25)32-12)14-2-4-15(23)17(8-14)26(28)29/h2-10H,11H2,1H3. The molecule has 0 saturated heterocycles. The molecule has 32 heavy (non-hydrogen) atoms. The van der Waals surface area contributed by atoms with Gasteiger partial charge in [0.05, 0.1) is 16.3 Å². The summed E-state index contributed by atoms with van der Waals surface area (Å²) in [5.74, 6) is 0.903. The number of fused-ring (bicyclic) bond motifs is 2. The minimum absolute atomic E-state index is 0.0469. The molecule has 2 aromatic heterocycles. The molecular formula is C22H14ClN3O5S. The Morgan fingerprint density at radius 1 is 1.25 bits per heavy atom. The van der Waals surface area contributed by atoms with Crippen LogP contribution in [0.5, 0.6) is 11.5 Å². The number of ether oxygens (including phenoxy) is 2. The summed E-state index contributed by atoms with van der Waals surface area (Å²) < 4.78 is 12.5. The first kappa shape index (κ1) is 20.2. The molecule has 0 atom stereocenters. The van der Waals surface area contributed by atoms with Gasteiger partial charge in [-0.05, 0) is 43.3 Å². The molecule has 0 saturated carbocycles. The lowest BCUT2D eigenvalue weighted by atomic mass is 10.1. The van der Waals surface area contributed by atoms with Gasteiger partial charge in [-0.1, -0.05) is 17.7 Å². The molecule has 1 aliphatic rings. The number of rotatable bonds is 5. The number of allylic oxidation sites excluding steroid dienone is 1. The molecule has 4 aromatic rings. The Balaban J connectivity index is 1.57. The lowest BCUT2D eigenvalue weighted by Crippen LogP contribution is -1.95. The van der Waals surface area contributed by atoms with Crippen molar-refractivity contribution in [2.75, 3.05) is 6.79 Å². The van der Waals surface area contributed by atoms with Crippen molar-refractivity contribution in [3.63, 3.8) is 0 Å². The van der Waals surface area contributed by atoms with Crippen molar-refractivity contribution in [2.45, 2.75) is 6.92 Å². The maximum absolute atomic E-state index is 12.8. The van der Waals surface area contributed by atoms with Gasteiger partial charge in [0.15, 0.2) is 22.2 Å². The van der Waals surface area contributed by atoms with Gasteiger partial charge < -0.3 is 9.47 Å². The summed E-state index contributed by atoms with van der Waals surface area (Å²) in [7, 11) is 0. The highest BCUT2D eigenvalue weighted by Gasteiger charge is 2.20. The molecule has 160 valence electrons. The molecule has 0 bridgehead atoms. The normalized spacial score (nSPS) is 12.7. The maximum Gasteiger partial charge on any atom is 0.288 e. The molecular weight excluding hydrogens is 454 g/mol. The molecule has 10 heteroatoms. The molecule has 0 radical (unpaired) electrons. The Bertz CT molecular complexity index is 1440. The van der Waals surface area contributed by atoms with Gasteiger partial charge in [0, 0.05) is 28.3 Å². The van der Waals surface area contributed by atoms with E-state index in [9.17, 15) is 14.9 Å². The number of hydrogen-bond acceptors (Lipinski definition) is 7. The van der Waals surface area contributed by atoms with Gasteiger partial charge in [0.2, 0.25) is 6.79 Å². The number of ketones is 1. The van der Waals surface area contributed by atoms with Crippen LogP contribution in [0.3, 0.4) is 0 Å². The molecule has 5 rings (SSSR count). The highest BCUT2D eigenvalue weighted by atomic mass is 35.5. The summed E-state index contributed by atoms with van der Waals surface area (Å²) in [6.07, 6.45) is 5.02. The largest absolute Gasteiger partial charge is 0.454 e. The van der Waals surface area contributed by atoms with Crippen LogP contribution in [0.15, 0.2) is 48.7 Å². The van der Waals surface area contributed by atoms with Gasteiger partial charge >= 0.3 is 0 Å². The van der Waals surface area contributed by atoms with Crippen LogP contribution in [0.25, 0.3) is 22.3 Å². The van der Waals surface area contributed by atoms with Crippen molar-refractivity contribution in [1.82, 2.24) is 9.38 Å². The van der Waals surface area contributed by atoms with Gasteiger partial charge in [-0.2, -0.15) is 0 Å². The summed E-state index contributed by atoms with van der Waals surface area (Å²) in [6.45, 7) is 2.09. The van der Waals surface area contributed by atoms with E-state index in [1.807, 2.05) is 17.5 Å². The van der Waals surface area contributed by atoms with Crippen molar-refractivity contribution in [3.05, 3.63) is 79.9 Å². The van der Waals surface area contributed by atoms with Crippen LogP contribution in [0.1, 0.15) is 20.9 Å². The van der Waals surface area contributed by atoms with Crippen molar-refractivity contribution in [3.8, 4) is 22.8 Å². The van der Waals surface area contributed by atoms with Crippen LogP contribution in [0.4, 0.5) is 5.69 Å². The summed E-state index contributed by atoms with van der Waals surface area (Å²) >= 11 is 7.45. The second-order valence-corrected chi connectivity index (χ2v) is 8.65. The first-order valence-electron chi connectivity index (χ1n) is 9.45. The Hall–Kier alpha value is -3.69. The second-order valence-electron chi connectivity index (χ2n) is 7.03. The van der Waals surface area contributed by atoms with Crippen LogP contribution < -0.4 is 9.47 Å². The number of thiazole rings is 1. The van der Waals surface area contributed by atoms with Crippen molar-refractivity contribution >= 4 is 45.4 Å². The van der Waals surface area contributed by atoms with Gasteiger partial charge in [-0.15, -0.1) is 11.3 Å². The smallest absolute Gasteiger partial charge is 0.288 e. The number of aromatic nitrogens is 2. The number of carbonyl (C=O) groups is 1. The number of imidazole rings is 1. The van der Waals surface area contributed by atoms with E-state index >= 15 is 0 Å². The fraction of sp³-hybridized carbons (Fsp3) is 0.0909. The first-order valence-corrected chi connectivity index (χ1v) is 10.6. The molecule has 0 amide bonds. The number of hydrogen-bond donors (Lipinski definition) is 0. The SMILES string of the molecule is Cc1cn2c(C=CC(=O)c3ccc4c(c3)OCO4)c(-c3ccc(Cl)c([N+](=O)[O-])c3)nc2s1. The molecule has 3 heterocycles. The third-order valence-corrected chi connectivity index (χ3v) is 6.16. The third-order valence-electron chi connectivity index (χ3n) is 4.94. The molecule has 0 fully saturated rings. The Kier molecular flexibility index (Phi) is 4.91. The lowest BCUT2D eigenvalue weighted by Gasteiger charge is -2.03. The zero-order chi connectivity index (χ0) is 22.4. The number of nitro benzene ring substituents is 1. The topological polar surface area (TPSA) is 96.0 Å². The van der Waals surface area contributed by atoms with E-state index in [2.05, 4.69) is 4.98 Å². The van der Waals surface area contributed by atoms with Gasteiger partial charge in [-0.3, -0.25) is 19.3 Å². The van der Waals surface area contributed by atoms with E-state index in [4.69, 9.17) is 21.1 Å². The van der Waals surface area contributed by atoms with Crippen LogP contribution in [0.2, 0.25) is 5.02 Å². The van der Waals surface area contributed by atoms with Crippen LogP contribution >= 0.6 is 22.9 Å². The van der Waals surface area contributed by atoms with E-state index in [0.717, 1.165) is 4.88 Å². The van der Waals surface area contributed by atoms with E-state index < -0.39 is 4.92 Å². The number of nitrogens with zero attached hydrogens (tertiary/aromatic N) is 3. The molecule has 0 aliphatic carbocycles. The average molecular weight is 468 g/mol. The number of benzene rings is 2. The molecule has 2 aromatic carbocycles. The Labute approximate surface area is 190 Å². The molecule has 1 aliphatic heterocycles. The maximum atomic E-state index is 12.8. The highest BCUT2D eigenvalue weighted by molar-refractivity contribution is 7.17. The first-order chi connectivity index (χ1) is 15.4. The predicted octanol–water partition coefficient (Wildman–Crippen LogP) is 5.56. The molecule has 0 N–H and O–H groups in total. The van der Waals surface area contributed by atoms with E-state index in [-0.39, 0.29) is 23.3 Å². The van der Waals surface area contributed by atoms with E-state index in [0.29, 0.717) is 39.0 Å². The van der Waals surface area contributed by atoms with Crippen molar-refractivity contribution < 1.29 is 19.2 Å². The minimum Gasteiger partial charge on any atom is -0.454 e. The number of carbonyl (C=O) groups excluding carboxylic acids is 1. The highest BCUT2D eigenvalue weighted by Crippen LogP contribution is 2.35. The van der Waals surface area contributed by atoms with Crippen LogP contribution in [-0.4, -0.2) is 26.9 Å². The zero-order valence-electron chi connectivity index (χ0n) is 16.6. The quantitative estimate of drug-likeness (QED) is 0.165. The predicted molar refractivity (Wildman–Crippen MR) is 121 cm³/mol. The lowest BCUT2D eigenvalue weighted by molar-refractivity contribution is -0.384. The van der Waals surface area contributed by atoms with Gasteiger partial charge in [0.25, 0.3) is 5.69 Å². The number of nitro groups is 1. The minimum atomic E-state index is -0.535. The second kappa shape index (κ2) is 7.77. The summed E-state index contributed by atoms with van der Waals surface area (Å²) in [6, 6.07) is 9.54. The fourth-order valence-corrected chi connectivity index (χ4v) is 4.46. The molecule has 0 unspecified atom stereocenters. The van der Waals surface area contributed by atoms with Gasteiger partial charge in [-0.25, -0.2) is 4.98 Å². The summed E-state index contributed by atoms with van der Waals surface area (Å²) in [4.78, 5) is 30.0. The molecule has 8 nitrogen and oxygen atoms in total. The van der Waals surface area contributed by atoms with Crippen LogP contribution in [0, 0.1) is 17.0 Å². The van der Waals surface area contributed by atoms with E-state index in [1.165, 1.54) is 29.5 Å². The van der Waals surface area contributed by atoms with Crippen molar-refractivity contribution in [1.29, 1.82) is 0 Å². The summed E-state index contributed by atoms with van der Waals surface area (Å²) in [5.41, 5.74) is 1.94. The molecule has 0 spiro atoms. The average Bonchev–Trinajstić information content (AvgIpc) is 3.46. The summed E-state index contributed by atoms with van der Waals surface area (Å²) in [5, 5.41) is 11.4. The Morgan fingerprint density at radius 3 is 2.88 bits per heavy atom. The number of aryl methyl sites for hydroxylation is 1. The van der Waals surface area contributed by atoms with Crippen LogP contribution in [-0.2, 0) is 0 Å². The fourth-order valence-electron chi connectivity index (χ4n) is 3.45. The van der Waals surface area contributed by atoms with Crippen molar-refractivity contribution in [2.24, 2.45) is 0 Å². The van der Waals surface area contributed by atoms with E-state index in [1.54, 1.807) is 30.3 Å². The number of halogens is 1. The Morgan fingerprint density at radius 2 is 2.06 bits per heavy atom. The van der Waals surface area contributed by atoms with Gasteiger partial charge in [0.1, 0.15) is 5.02 Å². The monoisotopic (exact) mass is 467 g/mol. The third kappa shape index (κ3) is 3.51. The zero-order valence-corrected chi connectivity index (χ0v) is 18.1.